The molecule has 0 aliphatic carbocycles. The molecule has 37 heavy (non-hydrogen) atoms. The molecule has 2 aliphatic rings. The number of fused-ring (bicyclic) bond motifs is 1. The van der Waals surface area contributed by atoms with Gasteiger partial charge in [0, 0.05) is 44.8 Å². The molecule has 5 rings (SSSR count). The minimum Gasteiger partial charge on any atom is -0.494 e. The summed E-state index contributed by atoms with van der Waals surface area (Å²) < 4.78 is 7.57. The first-order valence-corrected chi connectivity index (χ1v) is 13.3. The van der Waals surface area contributed by atoms with E-state index in [2.05, 4.69) is 22.3 Å². The highest BCUT2D eigenvalue weighted by atomic mass is 16.5. The largest absolute Gasteiger partial charge is 0.494 e. The average molecular weight is 502 g/mol. The molecule has 1 saturated heterocycles. The molecule has 194 valence electrons. The smallest absolute Gasteiger partial charge is 0.274 e. The van der Waals surface area contributed by atoms with Crippen LogP contribution in [0.25, 0.3) is 0 Å². The van der Waals surface area contributed by atoms with Crippen LogP contribution in [0.2, 0.25) is 0 Å². The fourth-order valence-corrected chi connectivity index (χ4v) is 5.14. The van der Waals surface area contributed by atoms with Crippen LogP contribution in [0.1, 0.15) is 54.5 Å². The van der Waals surface area contributed by atoms with E-state index in [1.807, 2.05) is 65.8 Å². The zero-order valence-corrected chi connectivity index (χ0v) is 21.7. The predicted molar refractivity (Wildman–Crippen MR) is 144 cm³/mol. The van der Waals surface area contributed by atoms with Crippen molar-refractivity contribution in [3.8, 4) is 5.75 Å². The van der Waals surface area contributed by atoms with Gasteiger partial charge in [0.05, 0.1) is 12.5 Å². The van der Waals surface area contributed by atoms with Crippen molar-refractivity contribution in [1.82, 2.24) is 14.5 Å². The van der Waals surface area contributed by atoms with Gasteiger partial charge in [-0.2, -0.15) is 0 Å². The Labute approximate surface area is 218 Å². The highest BCUT2D eigenvalue weighted by Crippen LogP contribution is 2.27. The number of anilines is 2. The van der Waals surface area contributed by atoms with Crippen molar-refractivity contribution in [1.29, 1.82) is 0 Å². The van der Waals surface area contributed by atoms with E-state index in [1.54, 1.807) is 0 Å². The number of hydrogen-bond acceptors (Lipinski definition) is 5. The molecule has 0 spiro atoms. The second-order valence-corrected chi connectivity index (χ2v) is 9.66. The standard InChI is InChI=1S/C29H35N5O3/c1-3-37-24-14-12-23(13-15-24)32-17-19-33(20-18-32)29(36)26-27(30-25-11-7-8-16-34(25)26)31-28(35)21(2)22-9-5-4-6-10-22/h4-6,9-10,12-15,21H,3,7-8,11,16-20H2,1-2H3,(H,31,35). The lowest BCUT2D eigenvalue weighted by Gasteiger charge is -2.36. The van der Waals surface area contributed by atoms with E-state index in [4.69, 9.17) is 9.72 Å². The van der Waals surface area contributed by atoms with Crippen molar-refractivity contribution in [3.05, 3.63) is 71.7 Å². The topological polar surface area (TPSA) is 79.7 Å². The van der Waals surface area contributed by atoms with E-state index in [-0.39, 0.29) is 17.7 Å². The van der Waals surface area contributed by atoms with Gasteiger partial charge in [-0.25, -0.2) is 4.98 Å². The quantitative estimate of drug-likeness (QED) is 0.522. The van der Waals surface area contributed by atoms with Gasteiger partial charge >= 0.3 is 0 Å². The monoisotopic (exact) mass is 501 g/mol. The van der Waals surface area contributed by atoms with Crippen LogP contribution in [-0.2, 0) is 17.8 Å². The number of imidazole rings is 1. The molecule has 1 N–H and O–H groups in total. The number of carbonyl (C=O) groups is 2. The Bertz CT molecular complexity index is 1230. The molecule has 3 heterocycles. The van der Waals surface area contributed by atoms with Crippen LogP contribution in [-0.4, -0.2) is 59.1 Å². The number of nitrogens with zero attached hydrogens (tertiary/aromatic N) is 4. The molecule has 3 aromatic rings. The number of ether oxygens (including phenoxy) is 1. The lowest BCUT2D eigenvalue weighted by molar-refractivity contribution is -0.117. The number of nitrogens with one attached hydrogen (secondary N) is 1. The number of aromatic nitrogens is 2. The number of hydrogen-bond donors (Lipinski definition) is 1. The number of piperazine rings is 1. The van der Waals surface area contributed by atoms with Crippen LogP contribution in [0, 0.1) is 0 Å². The number of amides is 2. The zero-order valence-electron chi connectivity index (χ0n) is 21.7. The molecule has 8 heteroatoms. The molecule has 0 radical (unpaired) electrons. The molecule has 1 aromatic heterocycles. The summed E-state index contributed by atoms with van der Waals surface area (Å²) in [6.07, 6.45) is 2.86. The lowest BCUT2D eigenvalue weighted by atomic mass is 10.0. The normalized spacial score (nSPS) is 16.2. The van der Waals surface area contributed by atoms with Gasteiger partial charge < -0.3 is 24.4 Å². The minimum absolute atomic E-state index is 0.0605. The summed E-state index contributed by atoms with van der Waals surface area (Å²) in [4.78, 5) is 35.9. The minimum atomic E-state index is -0.347. The van der Waals surface area contributed by atoms with Gasteiger partial charge in [0.15, 0.2) is 11.5 Å². The summed E-state index contributed by atoms with van der Waals surface area (Å²) in [7, 11) is 0. The maximum absolute atomic E-state index is 13.8. The molecule has 2 aliphatic heterocycles. The van der Waals surface area contributed by atoms with E-state index in [1.165, 1.54) is 0 Å². The third-order valence-corrected chi connectivity index (χ3v) is 7.30. The summed E-state index contributed by atoms with van der Waals surface area (Å²) in [5, 5.41) is 3.00. The Morgan fingerprint density at radius 1 is 0.973 bits per heavy atom. The third kappa shape index (κ3) is 5.33. The maximum Gasteiger partial charge on any atom is 0.274 e. The first kappa shape index (κ1) is 24.9. The van der Waals surface area contributed by atoms with Crippen LogP contribution < -0.4 is 15.0 Å². The second kappa shape index (κ2) is 11.1. The second-order valence-electron chi connectivity index (χ2n) is 9.66. The van der Waals surface area contributed by atoms with Crippen LogP contribution in [0.3, 0.4) is 0 Å². The number of aryl methyl sites for hydroxylation is 1. The van der Waals surface area contributed by atoms with Gasteiger partial charge in [-0.15, -0.1) is 0 Å². The van der Waals surface area contributed by atoms with Crippen LogP contribution in [0.5, 0.6) is 5.75 Å². The van der Waals surface area contributed by atoms with Crippen molar-refractivity contribution < 1.29 is 14.3 Å². The van der Waals surface area contributed by atoms with Crippen LogP contribution in [0.15, 0.2) is 54.6 Å². The Kier molecular flexibility index (Phi) is 7.44. The lowest BCUT2D eigenvalue weighted by Crippen LogP contribution is -2.49. The highest BCUT2D eigenvalue weighted by Gasteiger charge is 2.31. The fourth-order valence-electron chi connectivity index (χ4n) is 5.14. The number of rotatable bonds is 7. The zero-order chi connectivity index (χ0) is 25.8. The first-order chi connectivity index (χ1) is 18.0. The van der Waals surface area contributed by atoms with E-state index in [0.29, 0.717) is 31.2 Å². The predicted octanol–water partition coefficient (Wildman–Crippen LogP) is 4.32. The summed E-state index contributed by atoms with van der Waals surface area (Å²) in [5.74, 6) is 1.57. The van der Waals surface area contributed by atoms with Gasteiger partial charge in [-0.05, 0) is 56.5 Å². The Balaban J connectivity index is 1.31. The summed E-state index contributed by atoms with van der Waals surface area (Å²) in [5.41, 5.74) is 2.57. The highest BCUT2D eigenvalue weighted by molar-refractivity contribution is 6.03. The molecule has 0 saturated carbocycles. The molecule has 1 unspecified atom stereocenters. The van der Waals surface area contributed by atoms with Crippen molar-refractivity contribution in [3.63, 3.8) is 0 Å². The van der Waals surface area contributed by atoms with Gasteiger partial charge in [0.2, 0.25) is 5.91 Å². The summed E-state index contributed by atoms with van der Waals surface area (Å²) in [6, 6.07) is 17.8. The fraction of sp³-hybridized carbons (Fsp3) is 0.414. The van der Waals surface area contributed by atoms with Gasteiger partial charge in [0.25, 0.3) is 5.91 Å². The summed E-state index contributed by atoms with van der Waals surface area (Å²) >= 11 is 0. The van der Waals surface area contributed by atoms with Gasteiger partial charge in [-0.3, -0.25) is 9.59 Å². The first-order valence-electron chi connectivity index (χ1n) is 13.3. The maximum atomic E-state index is 13.8. The molecule has 1 atom stereocenters. The molecule has 2 aromatic carbocycles. The molecule has 2 amide bonds. The van der Waals surface area contributed by atoms with Crippen molar-refractivity contribution in [2.45, 2.75) is 45.6 Å². The van der Waals surface area contributed by atoms with E-state index < -0.39 is 0 Å². The van der Waals surface area contributed by atoms with Crippen molar-refractivity contribution >= 4 is 23.3 Å². The van der Waals surface area contributed by atoms with E-state index >= 15 is 0 Å². The average Bonchev–Trinajstić information content (AvgIpc) is 3.31. The van der Waals surface area contributed by atoms with Gasteiger partial charge in [0.1, 0.15) is 11.6 Å². The molecular formula is C29H35N5O3. The van der Waals surface area contributed by atoms with E-state index in [0.717, 1.165) is 61.7 Å². The SMILES string of the molecule is CCOc1ccc(N2CCN(C(=O)c3c(NC(=O)C(C)c4ccccc4)nc4n3CCCC4)CC2)cc1. The number of benzene rings is 2. The Morgan fingerprint density at radius 3 is 2.41 bits per heavy atom. The Morgan fingerprint density at radius 2 is 1.70 bits per heavy atom. The molecule has 0 bridgehead atoms. The van der Waals surface area contributed by atoms with Crippen molar-refractivity contribution in [2.75, 3.05) is 43.0 Å². The van der Waals surface area contributed by atoms with Crippen LogP contribution >= 0.6 is 0 Å². The van der Waals surface area contributed by atoms with Gasteiger partial charge in [-0.1, -0.05) is 30.3 Å². The Hall–Kier alpha value is -3.81. The summed E-state index contributed by atoms with van der Waals surface area (Å²) in [6.45, 7) is 7.96. The molecular weight excluding hydrogens is 466 g/mol. The molecule has 1 fully saturated rings. The molecule has 8 nitrogen and oxygen atoms in total. The number of carbonyl (C=O) groups excluding carboxylic acids is 2. The van der Waals surface area contributed by atoms with E-state index in [9.17, 15) is 9.59 Å². The van der Waals surface area contributed by atoms with Crippen LogP contribution in [0.4, 0.5) is 11.5 Å². The third-order valence-electron chi connectivity index (χ3n) is 7.30. The van der Waals surface area contributed by atoms with Crippen molar-refractivity contribution in [2.24, 2.45) is 0 Å².